The van der Waals surface area contributed by atoms with Crippen LogP contribution in [0.5, 0.6) is 0 Å². The second-order valence-electron chi connectivity index (χ2n) is 6.34. The van der Waals surface area contributed by atoms with Crippen molar-refractivity contribution in [1.29, 1.82) is 0 Å². The number of hydrogen-bond donors (Lipinski definition) is 1. The van der Waals surface area contributed by atoms with Crippen molar-refractivity contribution in [3.8, 4) is 11.3 Å². The Labute approximate surface area is 157 Å². The SMILES string of the molecule is Cc1ccc2nc(-c3ccccc3)c(NC(=O)/C=C/c3ccccc3)n2c1. The summed E-state index contributed by atoms with van der Waals surface area (Å²) in [7, 11) is 0. The van der Waals surface area contributed by atoms with Crippen LogP contribution in [0.25, 0.3) is 23.0 Å². The summed E-state index contributed by atoms with van der Waals surface area (Å²) in [6, 6.07) is 23.6. The van der Waals surface area contributed by atoms with E-state index in [-0.39, 0.29) is 5.91 Å². The minimum absolute atomic E-state index is 0.195. The Balaban J connectivity index is 1.72. The minimum Gasteiger partial charge on any atom is -0.306 e. The lowest BCUT2D eigenvalue weighted by Gasteiger charge is -2.06. The number of nitrogens with one attached hydrogen (secondary N) is 1. The van der Waals surface area contributed by atoms with Gasteiger partial charge in [-0.15, -0.1) is 0 Å². The molecule has 4 heteroatoms. The van der Waals surface area contributed by atoms with Crippen LogP contribution < -0.4 is 5.32 Å². The summed E-state index contributed by atoms with van der Waals surface area (Å²) in [6.45, 7) is 2.02. The lowest BCUT2D eigenvalue weighted by Crippen LogP contribution is -2.10. The molecule has 2 aromatic heterocycles. The van der Waals surface area contributed by atoms with Gasteiger partial charge in [0.15, 0.2) is 0 Å². The predicted molar refractivity (Wildman–Crippen MR) is 109 cm³/mol. The summed E-state index contributed by atoms with van der Waals surface area (Å²) in [5.74, 6) is 0.474. The Morgan fingerprint density at radius 1 is 0.963 bits per heavy atom. The monoisotopic (exact) mass is 353 g/mol. The molecule has 1 N–H and O–H groups in total. The molecule has 0 aliphatic rings. The number of pyridine rings is 1. The fraction of sp³-hybridized carbons (Fsp3) is 0.0435. The molecule has 0 aliphatic carbocycles. The first-order valence-corrected chi connectivity index (χ1v) is 8.79. The molecule has 0 aliphatic heterocycles. The molecular weight excluding hydrogens is 334 g/mol. The maximum atomic E-state index is 12.6. The second kappa shape index (κ2) is 7.30. The summed E-state index contributed by atoms with van der Waals surface area (Å²) in [4.78, 5) is 17.3. The van der Waals surface area contributed by atoms with Crippen LogP contribution in [-0.4, -0.2) is 15.3 Å². The Hall–Kier alpha value is -3.66. The summed E-state index contributed by atoms with van der Waals surface area (Å²) in [5, 5.41) is 3.00. The third-order valence-electron chi connectivity index (χ3n) is 4.28. The molecule has 2 aromatic carbocycles. The molecule has 0 spiro atoms. The van der Waals surface area contributed by atoms with E-state index in [0.29, 0.717) is 5.82 Å². The molecule has 0 unspecified atom stereocenters. The van der Waals surface area contributed by atoms with Gasteiger partial charge in [-0.2, -0.15) is 0 Å². The lowest BCUT2D eigenvalue weighted by molar-refractivity contribution is -0.111. The molecule has 27 heavy (non-hydrogen) atoms. The molecule has 1 amide bonds. The van der Waals surface area contributed by atoms with Crippen molar-refractivity contribution >= 4 is 23.4 Å². The van der Waals surface area contributed by atoms with Crippen LogP contribution in [-0.2, 0) is 4.79 Å². The van der Waals surface area contributed by atoms with E-state index in [1.165, 1.54) is 0 Å². The van der Waals surface area contributed by atoms with Crippen molar-refractivity contribution in [3.63, 3.8) is 0 Å². The van der Waals surface area contributed by atoms with Gasteiger partial charge in [0.25, 0.3) is 0 Å². The van der Waals surface area contributed by atoms with Gasteiger partial charge in [0.2, 0.25) is 5.91 Å². The third kappa shape index (κ3) is 3.65. The molecule has 2 heterocycles. The zero-order valence-electron chi connectivity index (χ0n) is 15.0. The van der Waals surface area contributed by atoms with Gasteiger partial charge in [0.1, 0.15) is 17.2 Å². The maximum absolute atomic E-state index is 12.6. The highest BCUT2D eigenvalue weighted by Gasteiger charge is 2.15. The quantitative estimate of drug-likeness (QED) is 0.527. The standard InChI is InChI=1S/C23H19N3O/c1-17-12-14-20-24-22(19-10-6-3-7-11-19)23(26(20)16-17)25-21(27)15-13-18-8-4-2-5-9-18/h2-16H,1H3,(H,25,27)/b15-13+. The van der Waals surface area contributed by atoms with Gasteiger partial charge in [-0.05, 0) is 30.2 Å². The fourth-order valence-electron chi connectivity index (χ4n) is 2.96. The van der Waals surface area contributed by atoms with E-state index in [4.69, 9.17) is 4.98 Å². The molecule has 0 radical (unpaired) electrons. The largest absolute Gasteiger partial charge is 0.306 e. The number of aromatic nitrogens is 2. The van der Waals surface area contributed by atoms with Crippen molar-refractivity contribution in [2.45, 2.75) is 6.92 Å². The molecule has 0 fully saturated rings. The average Bonchev–Trinajstić information content (AvgIpc) is 3.05. The second-order valence-corrected chi connectivity index (χ2v) is 6.34. The van der Waals surface area contributed by atoms with E-state index in [1.807, 2.05) is 90.3 Å². The van der Waals surface area contributed by atoms with Gasteiger partial charge in [0.05, 0.1) is 0 Å². The number of fused-ring (bicyclic) bond motifs is 1. The first-order chi connectivity index (χ1) is 13.2. The number of benzene rings is 2. The fourth-order valence-corrected chi connectivity index (χ4v) is 2.96. The van der Waals surface area contributed by atoms with Crippen molar-refractivity contribution < 1.29 is 4.79 Å². The van der Waals surface area contributed by atoms with Crippen LogP contribution >= 0.6 is 0 Å². The molecular formula is C23H19N3O. The van der Waals surface area contributed by atoms with Crippen LogP contribution in [0.15, 0.2) is 85.1 Å². The molecule has 0 saturated carbocycles. The van der Waals surface area contributed by atoms with Gasteiger partial charge in [-0.1, -0.05) is 66.7 Å². The summed E-state index contributed by atoms with van der Waals surface area (Å²) < 4.78 is 1.92. The average molecular weight is 353 g/mol. The number of carbonyl (C=O) groups is 1. The summed E-state index contributed by atoms with van der Waals surface area (Å²) in [6.07, 6.45) is 5.32. The topological polar surface area (TPSA) is 46.4 Å². The van der Waals surface area contributed by atoms with Crippen LogP contribution in [0.4, 0.5) is 5.82 Å². The molecule has 0 bridgehead atoms. The number of aryl methyl sites for hydroxylation is 1. The molecule has 4 aromatic rings. The van der Waals surface area contributed by atoms with Crippen LogP contribution in [0.2, 0.25) is 0 Å². The van der Waals surface area contributed by atoms with Gasteiger partial charge >= 0.3 is 0 Å². The van der Waals surface area contributed by atoms with E-state index in [1.54, 1.807) is 12.2 Å². The number of amides is 1. The Bertz CT molecular complexity index is 1110. The van der Waals surface area contributed by atoms with Gasteiger partial charge in [0, 0.05) is 17.8 Å². The number of carbonyl (C=O) groups excluding carboxylic acids is 1. The predicted octanol–water partition coefficient (Wildman–Crippen LogP) is 4.96. The first-order valence-electron chi connectivity index (χ1n) is 8.79. The summed E-state index contributed by atoms with van der Waals surface area (Å²) >= 11 is 0. The van der Waals surface area contributed by atoms with Crippen molar-refractivity contribution in [1.82, 2.24) is 9.38 Å². The number of hydrogen-bond acceptors (Lipinski definition) is 2. The molecule has 0 saturated heterocycles. The smallest absolute Gasteiger partial charge is 0.249 e. The van der Waals surface area contributed by atoms with E-state index >= 15 is 0 Å². The van der Waals surface area contributed by atoms with Crippen molar-refractivity contribution in [2.24, 2.45) is 0 Å². The van der Waals surface area contributed by atoms with Crippen LogP contribution in [0.1, 0.15) is 11.1 Å². The van der Waals surface area contributed by atoms with Crippen molar-refractivity contribution in [3.05, 3.63) is 96.2 Å². The minimum atomic E-state index is -0.195. The molecule has 4 nitrogen and oxygen atoms in total. The molecule has 132 valence electrons. The normalized spacial score (nSPS) is 11.1. The van der Waals surface area contributed by atoms with E-state index in [2.05, 4.69) is 5.32 Å². The highest BCUT2D eigenvalue weighted by molar-refractivity contribution is 6.03. The highest BCUT2D eigenvalue weighted by Crippen LogP contribution is 2.29. The van der Waals surface area contributed by atoms with Crippen LogP contribution in [0, 0.1) is 6.92 Å². The Morgan fingerprint density at radius 2 is 1.67 bits per heavy atom. The van der Waals surface area contributed by atoms with Gasteiger partial charge in [-0.25, -0.2) is 4.98 Å². The zero-order chi connectivity index (χ0) is 18.6. The number of anilines is 1. The van der Waals surface area contributed by atoms with E-state index in [9.17, 15) is 4.79 Å². The van der Waals surface area contributed by atoms with Crippen molar-refractivity contribution in [2.75, 3.05) is 5.32 Å². The third-order valence-corrected chi connectivity index (χ3v) is 4.28. The Morgan fingerprint density at radius 3 is 2.41 bits per heavy atom. The number of imidazole rings is 1. The number of rotatable bonds is 4. The zero-order valence-corrected chi connectivity index (χ0v) is 15.0. The lowest BCUT2D eigenvalue weighted by atomic mass is 10.1. The molecule has 0 atom stereocenters. The van der Waals surface area contributed by atoms with Gasteiger partial charge < -0.3 is 5.32 Å². The number of nitrogens with zero attached hydrogens (tertiary/aromatic N) is 2. The van der Waals surface area contributed by atoms with Crippen LogP contribution in [0.3, 0.4) is 0 Å². The van der Waals surface area contributed by atoms with Gasteiger partial charge in [-0.3, -0.25) is 9.20 Å². The van der Waals surface area contributed by atoms with E-state index < -0.39 is 0 Å². The maximum Gasteiger partial charge on any atom is 0.249 e. The first kappa shape index (κ1) is 16.8. The van der Waals surface area contributed by atoms with E-state index in [0.717, 1.165) is 28.0 Å². The highest BCUT2D eigenvalue weighted by atomic mass is 16.1. The summed E-state index contributed by atoms with van der Waals surface area (Å²) in [5.41, 5.74) is 4.57. The molecule has 4 rings (SSSR count). The Kier molecular flexibility index (Phi) is 4.54.